The third-order valence-electron chi connectivity index (χ3n) is 3.88. The maximum atomic E-state index is 12.2. The van der Waals surface area contributed by atoms with Gasteiger partial charge < -0.3 is 9.42 Å². The van der Waals surface area contributed by atoms with Gasteiger partial charge in [0, 0.05) is 31.3 Å². The number of aromatic nitrogens is 2. The average Bonchev–Trinajstić information content (AvgIpc) is 2.93. The zero-order valence-electron chi connectivity index (χ0n) is 15.0. The molecular formula is C17H31N3O2. The van der Waals surface area contributed by atoms with E-state index in [2.05, 4.69) is 44.8 Å². The van der Waals surface area contributed by atoms with Gasteiger partial charge in [0.05, 0.1) is 0 Å². The molecule has 0 saturated carbocycles. The molecule has 1 atom stereocenters. The van der Waals surface area contributed by atoms with E-state index in [-0.39, 0.29) is 11.3 Å². The Morgan fingerprint density at radius 3 is 2.50 bits per heavy atom. The lowest BCUT2D eigenvalue weighted by atomic mass is 9.96. The number of rotatable bonds is 8. The number of nitrogens with zero attached hydrogens (tertiary/aromatic N) is 3. The highest BCUT2D eigenvalue weighted by Crippen LogP contribution is 2.19. The van der Waals surface area contributed by atoms with Crippen LogP contribution in [0, 0.1) is 5.92 Å². The molecule has 0 aliphatic heterocycles. The molecule has 5 nitrogen and oxygen atoms in total. The van der Waals surface area contributed by atoms with Crippen molar-refractivity contribution in [3.63, 3.8) is 0 Å². The monoisotopic (exact) mass is 309 g/mol. The highest BCUT2D eigenvalue weighted by Gasteiger charge is 2.21. The second-order valence-electron chi connectivity index (χ2n) is 7.06. The van der Waals surface area contributed by atoms with Gasteiger partial charge in [0.2, 0.25) is 11.8 Å². The molecule has 0 N–H and O–H groups in total. The molecule has 126 valence electrons. The molecule has 22 heavy (non-hydrogen) atoms. The normalized spacial score (nSPS) is 13.2. The molecule has 0 aliphatic carbocycles. The van der Waals surface area contributed by atoms with Crippen LogP contribution in [0.5, 0.6) is 0 Å². The molecule has 1 heterocycles. The zero-order chi connectivity index (χ0) is 16.8. The van der Waals surface area contributed by atoms with Crippen LogP contribution < -0.4 is 0 Å². The van der Waals surface area contributed by atoms with Crippen LogP contribution in [0.1, 0.15) is 72.5 Å². The summed E-state index contributed by atoms with van der Waals surface area (Å²) >= 11 is 0. The van der Waals surface area contributed by atoms with Crippen molar-refractivity contribution in [3.8, 4) is 0 Å². The zero-order valence-corrected chi connectivity index (χ0v) is 15.0. The van der Waals surface area contributed by atoms with E-state index in [1.54, 1.807) is 0 Å². The first kappa shape index (κ1) is 18.7. The Morgan fingerprint density at radius 2 is 2.00 bits per heavy atom. The Morgan fingerprint density at radius 1 is 1.32 bits per heavy atom. The van der Waals surface area contributed by atoms with Crippen LogP contribution in [-0.4, -0.2) is 34.0 Å². The van der Waals surface area contributed by atoms with Crippen molar-refractivity contribution in [3.05, 3.63) is 11.7 Å². The van der Waals surface area contributed by atoms with Crippen molar-refractivity contribution in [2.75, 3.05) is 13.1 Å². The predicted octanol–water partition coefficient (Wildman–Crippen LogP) is 3.58. The Hall–Kier alpha value is -1.39. The fraction of sp³-hybridized carbons (Fsp3) is 0.824. The Labute approximate surface area is 134 Å². The van der Waals surface area contributed by atoms with Gasteiger partial charge in [0.25, 0.3) is 0 Å². The molecule has 0 unspecified atom stereocenters. The minimum absolute atomic E-state index is 0.104. The van der Waals surface area contributed by atoms with E-state index in [0.29, 0.717) is 24.7 Å². The lowest BCUT2D eigenvalue weighted by Gasteiger charge is -2.24. The fourth-order valence-corrected chi connectivity index (χ4v) is 2.12. The smallest absolute Gasteiger partial charge is 0.226 e. The van der Waals surface area contributed by atoms with Crippen LogP contribution in [0.15, 0.2) is 4.52 Å². The second kappa shape index (κ2) is 8.30. The van der Waals surface area contributed by atoms with Crippen LogP contribution in [0.25, 0.3) is 0 Å². The average molecular weight is 309 g/mol. The van der Waals surface area contributed by atoms with Gasteiger partial charge in [0.1, 0.15) is 0 Å². The van der Waals surface area contributed by atoms with Crippen molar-refractivity contribution in [1.29, 1.82) is 0 Å². The quantitative estimate of drug-likeness (QED) is 0.736. The molecule has 1 rings (SSSR count). The van der Waals surface area contributed by atoms with Gasteiger partial charge in [-0.15, -0.1) is 0 Å². The maximum Gasteiger partial charge on any atom is 0.226 e. The number of hydrogen-bond donors (Lipinski definition) is 0. The van der Waals surface area contributed by atoms with Crippen molar-refractivity contribution in [2.24, 2.45) is 5.92 Å². The van der Waals surface area contributed by atoms with E-state index in [1.165, 1.54) is 0 Å². The highest BCUT2D eigenvalue weighted by molar-refractivity contribution is 5.76. The van der Waals surface area contributed by atoms with E-state index in [4.69, 9.17) is 4.52 Å². The van der Waals surface area contributed by atoms with Gasteiger partial charge >= 0.3 is 0 Å². The molecule has 1 amide bonds. The third-order valence-corrected chi connectivity index (χ3v) is 3.88. The van der Waals surface area contributed by atoms with E-state index in [9.17, 15) is 4.79 Å². The highest BCUT2D eigenvalue weighted by atomic mass is 16.5. The largest absolute Gasteiger partial charge is 0.343 e. The standard InChI is InChI=1S/C17H31N3O2/c1-7-13(3)12-20(8-2)15(21)11-9-10-14-18-16(19-22-14)17(4,5)6/h13H,7-12H2,1-6H3/t13-/m1/s1. The summed E-state index contributed by atoms with van der Waals surface area (Å²) in [5.74, 6) is 2.12. The molecular weight excluding hydrogens is 278 g/mol. The maximum absolute atomic E-state index is 12.2. The topological polar surface area (TPSA) is 59.2 Å². The molecule has 1 aromatic rings. The number of amides is 1. The summed E-state index contributed by atoms with van der Waals surface area (Å²) in [6.45, 7) is 14.2. The van der Waals surface area contributed by atoms with Crippen LogP contribution in [0.4, 0.5) is 0 Å². The van der Waals surface area contributed by atoms with E-state index >= 15 is 0 Å². The van der Waals surface area contributed by atoms with Gasteiger partial charge in [-0.2, -0.15) is 4.98 Å². The van der Waals surface area contributed by atoms with E-state index in [0.717, 1.165) is 31.8 Å². The number of carbonyl (C=O) groups is 1. The number of carbonyl (C=O) groups excluding carboxylic acids is 1. The Balaban J connectivity index is 2.42. The first-order valence-electron chi connectivity index (χ1n) is 8.38. The molecule has 0 spiro atoms. The van der Waals surface area contributed by atoms with Crippen molar-refractivity contribution in [2.45, 2.75) is 72.6 Å². The van der Waals surface area contributed by atoms with Gasteiger partial charge in [-0.1, -0.05) is 46.2 Å². The van der Waals surface area contributed by atoms with Gasteiger partial charge in [-0.25, -0.2) is 0 Å². The molecule has 0 fully saturated rings. The molecule has 5 heteroatoms. The predicted molar refractivity (Wildman–Crippen MR) is 87.6 cm³/mol. The Bertz CT molecular complexity index is 463. The van der Waals surface area contributed by atoms with Crippen LogP contribution in [0.2, 0.25) is 0 Å². The molecule has 0 aromatic carbocycles. The summed E-state index contributed by atoms with van der Waals surface area (Å²) in [4.78, 5) is 18.6. The SMILES string of the molecule is CC[C@@H](C)CN(CC)C(=O)CCCc1nc(C(C)(C)C)no1. The van der Waals surface area contributed by atoms with Crippen LogP contribution >= 0.6 is 0 Å². The molecule has 1 aromatic heterocycles. The summed E-state index contributed by atoms with van der Waals surface area (Å²) < 4.78 is 5.26. The number of hydrogen-bond acceptors (Lipinski definition) is 4. The second-order valence-corrected chi connectivity index (χ2v) is 7.06. The summed E-state index contributed by atoms with van der Waals surface area (Å²) in [6, 6.07) is 0. The molecule has 0 bridgehead atoms. The fourth-order valence-electron chi connectivity index (χ4n) is 2.12. The van der Waals surface area contributed by atoms with Gasteiger partial charge in [-0.3, -0.25) is 4.79 Å². The lowest BCUT2D eigenvalue weighted by molar-refractivity contribution is -0.131. The Kier molecular flexibility index (Phi) is 7.04. The van der Waals surface area contributed by atoms with Crippen molar-refractivity contribution in [1.82, 2.24) is 15.0 Å². The third kappa shape index (κ3) is 5.78. The summed E-state index contributed by atoms with van der Waals surface area (Å²) in [6.07, 6.45) is 3.05. The van der Waals surface area contributed by atoms with Crippen LogP contribution in [0.3, 0.4) is 0 Å². The summed E-state index contributed by atoms with van der Waals surface area (Å²) in [5.41, 5.74) is -0.104. The lowest BCUT2D eigenvalue weighted by Crippen LogP contribution is -2.34. The first-order valence-corrected chi connectivity index (χ1v) is 8.38. The van der Waals surface area contributed by atoms with Crippen molar-refractivity contribution >= 4 is 5.91 Å². The first-order chi connectivity index (χ1) is 10.3. The summed E-state index contributed by atoms with van der Waals surface area (Å²) in [7, 11) is 0. The molecule has 0 radical (unpaired) electrons. The van der Waals surface area contributed by atoms with Crippen LogP contribution in [-0.2, 0) is 16.6 Å². The van der Waals surface area contributed by atoms with E-state index < -0.39 is 0 Å². The molecule has 0 aliphatic rings. The van der Waals surface area contributed by atoms with Crippen molar-refractivity contribution < 1.29 is 9.32 Å². The summed E-state index contributed by atoms with van der Waals surface area (Å²) in [5, 5.41) is 4.01. The minimum Gasteiger partial charge on any atom is -0.343 e. The minimum atomic E-state index is -0.104. The van der Waals surface area contributed by atoms with E-state index in [1.807, 2.05) is 11.8 Å². The molecule has 0 saturated heterocycles. The number of aryl methyl sites for hydroxylation is 1. The van der Waals surface area contributed by atoms with Gasteiger partial charge in [-0.05, 0) is 19.3 Å². The van der Waals surface area contributed by atoms with Gasteiger partial charge in [0.15, 0.2) is 5.82 Å².